The van der Waals surface area contributed by atoms with Crippen molar-refractivity contribution in [2.75, 3.05) is 23.7 Å². The highest BCUT2D eigenvalue weighted by Gasteiger charge is 2.25. The number of anilines is 2. The number of nitro benzene ring substituents is 1. The van der Waals surface area contributed by atoms with Crippen LogP contribution >= 0.6 is 0 Å². The summed E-state index contributed by atoms with van der Waals surface area (Å²) in [6.07, 6.45) is 0. The lowest BCUT2D eigenvalue weighted by Gasteiger charge is -2.19. The quantitative estimate of drug-likeness (QED) is 0.535. The molecule has 0 spiro atoms. The molecule has 2 aromatic carbocycles. The molecular formula is C17H19FN4O5S. The maximum absolute atomic E-state index is 14.1. The molecule has 150 valence electrons. The molecule has 2 aromatic rings. The van der Waals surface area contributed by atoms with E-state index in [0.717, 1.165) is 16.4 Å². The van der Waals surface area contributed by atoms with Gasteiger partial charge in [-0.3, -0.25) is 10.1 Å². The Morgan fingerprint density at radius 1 is 1.07 bits per heavy atom. The van der Waals surface area contributed by atoms with Gasteiger partial charge in [0, 0.05) is 36.6 Å². The fraction of sp³-hybridized carbons (Fsp3) is 0.235. The summed E-state index contributed by atoms with van der Waals surface area (Å²) >= 11 is 0. The molecule has 0 aliphatic rings. The number of hydrogen-bond acceptors (Lipinski definition) is 5. The van der Waals surface area contributed by atoms with Crippen molar-refractivity contribution in [3.63, 3.8) is 0 Å². The summed E-state index contributed by atoms with van der Waals surface area (Å²) in [5, 5.41) is 15.5. The number of nitrogens with zero attached hydrogens (tertiary/aromatic N) is 2. The summed E-state index contributed by atoms with van der Waals surface area (Å²) in [6, 6.07) is 7.65. The van der Waals surface area contributed by atoms with Gasteiger partial charge in [0.05, 0.1) is 4.92 Å². The van der Waals surface area contributed by atoms with Crippen LogP contribution in [0.15, 0.2) is 47.4 Å². The number of amides is 2. The molecule has 0 atom stereocenters. The predicted octanol–water partition coefficient (Wildman–Crippen LogP) is 3.41. The van der Waals surface area contributed by atoms with E-state index in [1.54, 1.807) is 13.8 Å². The number of nitrogens with one attached hydrogen (secondary N) is 2. The van der Waals surface area contributed by atoms with Crippen molar-refractivity contribution in [3.05, 3.63) is 58.4 Å². The second kappa shape index (κ2) is 8.76. The molecule has 0 saturated heterocycles. The summed E-state index contributed by atoms with van der Waals surface area (Å²) in [6.45, 7) is 3.63. The van der Waals surface area contributed by atoms with Gasteiger partial charge < -0.3 is 10.6 Å². The largest absolute Gasteiger partial charge is 0.323 e. The highest BCUT2D eigenvalue weighted by atomic mass is 32.2. The fourth-order valence-electron chi connectivity index (χ4n) is 2.44. The number of carbonyl (C=O) groups excluding carboxylic acids is 1. The first kappa shape index (κ1) is 21.3. The molecular weight excluding hydrogens is 391 g/mol. The van der Waals surface area contributed by atoms with Gasteiger partial charge in [0.2, 0.25) is 10.0 Å². The Morgan fingerprint density at radius 3 is 2.14 bits per heavy atom. The van der Waals surface area contributed by atoms with Gasteiger partial charge in [-0.25, -0.2) is 17.6 Å². The van der Waals surface area contributed by atoms with Gasteiger partial charge in [0.15, 0.2) is 0 Å². The highest BCUT2D eigenvalue weighted by Crippen LogP contribution is 2.23. The van der Waals surface area contributed by atoms with Crippen molar-refractivity contribution in [2.24, 2.45) is 0 Å². The molecule has 9 nitrogen and oxygen atoms in total. The third kappa shape index (κ3) is 4.81. The van der Waals surface area contributed by atoms with E-state index in [4.69, 9.17) is 0 Å². The SMILES string of the molecule is CCN(CC)S(=O)(=O)c1cc(NC(=O)Nc2ccc([N+](=O)[O-])cc2)ccc1F. The zero-order valence-electron chi connectivity index (χ0n) is 15.2. The van der Waals surface area contributed by atoms with Gasteiger partial charge in [0.1, 0.15) is 10.7 Å². The number of hydrogen-bond donors (Lipinski definition) is 2. The van der Waals surface area contributed by atoms with Gasteiger partial charge in [-0.05, 0) is 30.3 Å². The van der Waals surface area contributed by atoms with E-state index >= 15 is 0 Å². The summed E-state index contributed by atoms with van der Waals surface area (Å²) < 4.78 is 40.3. The lowest BCUT2D eigenvalue weighted by Crippen LogP contribution is -2.31. The van der Waals surface area contributed by atoms with Crippen molar-refractivity contribution in [1.82, 2.24) is 4.31 Å². The van der Waals surface area contributed by atoms with Crippen molar-refractivity contribution in [3.8, 4) is 0 Å². The van der Waals surface area contributed by atoms with E-state index in [9.17, 15) is 27.7 Å². The molecule has 0 aromatic heterocycles. The van der Waals surface area contributed by atoms with Gasteiger partial charge in [-0.15, -0.1) is 0 Å². The standard InChI is InChI=1S/C17H19FN4O5S/c1-3-21(4-2)28(26,27)16-11-13(7-10-15(16)18)20-17(23)19-12-5-8-14(9-6-12)22(24)25/h5-11H,3-4H2,1-2H3,(H2,19,20,23). The van der Waals surface area contributed by atoms with Crippen LogP contribution in [-0.4, -0.2) is 36.8 Å². The van der Waals surface area contributed by atoms with Crippen molar-refractivity contribution >= 4 is 33.1 Å². The Hall–Kier alpha value is -3.05. The average molecular weight is 410 g/mol. The molecule has 0 aliphatic carbocycles. The molecule has 0 saturated carbocycles. The van der Waals surface area contributed by atoms with Gasteiger partial charge >= 0.3 is 6.03 Å². The number of sulfonamides is 1. The number of urea groups is 1. The van der Waals surface area contributed by atoms with Crippen LogP contribution in [0.4, 0.5) is 26.2 Å². The molecule has 2 rings (SSSR count). The monoisotopic (exact) mass is 410 g/mol. The Kier molecular flexibility index (Phi) is 6.65. The van der Waals surface area contributed by atoms with Crippen LogP contribution in [-0.2, 0) is 10.0 Å². The number of non-ortho nitro benzene ring substituents is 1. The first-order chi connectivity index (χ1) is 13.2. The molecule has 11 heteroatoms. The summed E-state index contributed by atoms with van der Waals surface area (Å²) in [7, 11) is -4.04. The van der Waals surface area contributed by atoms with Crippen molar-refractivity contribution < 1.29 is 22.5 Å². The minimum atomic E-state index is -4.04. The Labute approximate surface area is 161 Å². The minimum absolute atomic E-state index is 0.0755. The van der Waals surface area contributed by atoms with E-state index < -0.39 is 31.7 Å². The smallest absolute Gasteiger partial charge is 0.308 e. The molecule has 0 aliphatic heterocycles. The predicted molar refractivity (Wildman–Crippen MR) is 102 cm³/mol. The third-order valence-corrected chi connectivity index (χ3v) is 5.91. The lowest BCUT2D eigenvalue weighted by molar-refractivity contribution is -0.384. The molecule has 0 radical (unpaired) electrons. The van der Waals surface area contributed by atoms with E-state index in [1.807, 2.05) is 0 Å². The molecule has 2 amide bonds. The Bertz CT molecular complexity index is 976. The fourth-order valence-corrected chi connectivity index (χ4v) is 3.99. The molecule has 0 heterocycles. The van der Waals surface area contributed by atoms with Crippen molar-refractivity contribution in [1.29, 1.82) is 0 Å². The topological polar surface area (TPSA) is 122 Å². The summed E-state index contributed by atoms with van der Waals surface area (Å²) in [5.74, 6) is -0.923. The summed E-state index contributed by atoms with van der Waals surface area (Å²) in [5.41, 5.74) is 0.239. The number of nitro groups is 1. The van der Waals surface area contributed by atoms with Gasteiger partial charge in [-0.1, -0.05) is 13.8 Å². The van der Waals surface area contributed by atoms with Crippen LogP contribution in [0.3, 0.4) is 0 Å². The van der Waals surface area contributed by atoms with Gasteiger partial charge in [0.25, 0.3) is 5.69 Å². The van der Waals surface area contributed by atoms with Crippen LogP contribution in [0.25, 0.3) is 0 Å². The third-order valence-electron chi connectivity index (χ3n) is 3.85. The Balaban J connectivity index is 2.18. The van der Waals surface area contributed by atoms with Crippen LogP contribution in [0, 0.1) is 15.9 Å². The number of halogens is 1. The second-order valence-corrected chi connectivity index (χ2v) is 7.52. The zero-order chi connectivity index (χ0) is 20.9. The molecule has 0 unspecified atom stereocenters. The minimum Gasteiger partial charge on any atom is -0.308 e. The zero-order valence-corrected chi connectivity index (χ0v) is 16.0. The van der Waals surface area contributed by atoms with Crippen molar-refractivity contribution in [2.45, 2.75) is 18.7 Å². The number of rotatable bonds is 7. The second-order valence-electron chi connectivity index (χ2n) is 5.62. The van der Waals surface area contributed by atoms with Gasteiger partial charge in [-0.2, -0.15) is 4.31 Å². The number of benzene rings is 2. The lowest BCUT2D eigenvalue weighted by atomic mass is 10.3. The maximum atomic E-state index is 14.1. The van der Waals surface area contributed by atoms with Crippen LogP contribution in [0.1, 0.15) is 13.8 Å². The molecule has 0 bridgehead atoms. The normalized spacial score (nSPS) is 11.3. The van der Waals surface area contributed by atoms with E-state index in [1.165, 1.54) is 30.3 Å². The first-order valence-electron chi connectivity index (χ1n) is 8.31. The number of carbonyl (C=O) groups is 1. The highest BCUT2D eigenvalue weighted by molar-refractivity contribution is 7.89. The van der Waals surface area contributed by atoms with Crippen LogP contribution in [0.5, 0.6) is 0 Å². The molecule has 0 fully saturated rings. The van der Waals surface area contributed by atoms with E-state index in [2.05, 4.69) is 10.6 Å². The van der Waals surface area contributed by atoms with Crippen LogP contribution in [0.2, 0.25) is 0 Å². The van der Waals surface area contributed by atoms with E-state index in [0.29, 0.717) is 5.69 Å². The molecule has 28 heavy (non-hydrogen) atoms. The first-order valence-corrected chi connectivity index (χ1v) is 9.75. The summed E-state index contributed by atoms with van der Waals surface area (Å²) in [4.78, 5) is 21.6. The maximum Gasteiger partial charge on any atom is 0.323 e. The Morgan fingerprint density at radius 2 is 1.61 bits per heavy atom. The average Bonchev–Trinajstić information content (AvgIpc) is 2.64. The van der Waals surface area contributed by atoms with Crippen LogP contribution < -0.4 is 10.6 Å². The van der Waals surface area contributed by atoms with E-state index in [-0.39, 0.29) is 24.5 Å². The molecule has 2 N–H and O–H groups in total.